The van der Waals surface area contributed by atoms with Crippen LogP contribution in [0.25, 0.3) is 27.9 Å². The van der Waals surface area contributed by atoms with Crippen molar-refractivity contribution in [2.75, 3.05) is 7.11 Å². The van der Waals surface area contributed by atoms with Crippen molar-refractivity contribution in [2.24, 2.45) is 0 Å². The highest BCUT2D eigenvalue weighted by Gasteiger charge is 2.19. The van der Waals surface area contributed by atoms with Crippen LogP contribution in [0.2, 0.25) is 0 Å². The number of carboxylic acids is 1. The van der Waals surface area contributed by atoms with E-state index in [0.717, 1.165) is 28.0 Å². The molecule has 0 aliphatic carbocycles. The van der Waals surface area contributed by atoms with Crippen LogP contribution in [0.1, 0.15) is 21.7 Å². The van der Waals surface area contributed by atoms with Crippen LogP contribution in [0.15, 0.2) is 36.4 Å². The molecule has 7 heteroatoms. The Kier molecular flexibility index (Phi) is 3.57. The number of pyridine rings is 1. The third kappa shape index (κ3) is 2.45. The van der Waals surface area contributed by atoms with Crippen LogP contribution in [0.4, 0.5) is 0 Å². The summed E-state index contributed by atoms with van der Waals surface area (Å²) in [5.41, 5.74) is 4.14. The molecule has 4 rings (SSSR count). The van der Waals surface area contributed by atoms with Crippen molar-refractivity contribution in [1.29, 1.82) is 0 Å². The molecule has 0 bridgehead atoms. The number of aromatic carboxylic acids is 1. The highest BCUT2D eigenvalue weighted by molar-refractivity contribution is 5.96. The minimum Gasteiger partial charge on any atom is -0.497 e. The molecule has 3 aromatic heterocycles. The van der Waals surface area contributed by atoms with Crippen molar-refractivity contribution in [2.45, 2.75) is 13.8 Å². The maximum absolute atomic E-state index is 11.8. The fourth-order valence-corrected chi connectivity index (χ4v) is 3.08. The zero-order valence-electron chi connectivity index (χ0n) is 14.5. The molecule has 0 spiro atoms. The van der Waals surface area contributed by atoms with Gasteiger partial charge in [-0.15, -0.1) is 5.10 Å². The van der Waals surface area contributed by atoms with E-state index in [1.807, 2.05) is 44.2 Å². The van der Waals surface area contributed by atoms with Crippen molar-refractivity contribution < 1.29 is 14.6 Å². The van der Waals surface area contributed by atoms with E-state index in [-0.39, 0.29) is 5.69 Å². The second kappa shape index (κ2) is 5.80. The van der Waals surface area contributed by atoms with Gasteiger partial charge in [0.05, 0.1) is 18.2 Å². The molecule has 0 atom stereocenters. The quantitative estimate of drug-likeness (QED) is 0.611. The van der Waals surface area contributed by atoms with Crippen LogP contribution in [-0.2, 0) is 0 Å². The Morgan fingerprint density at radius 1 is 1.12 bits per heavy atom. The monoisotopic (exact) mass is 348 g/mol. The number of carbonyl (C=O) groups is 1. The summed E-state index contributed by atoms with van der Waals surface area (Å²) in [5, 5.41) is 14.8. The van der Waals surface area contributed by atoms with Crippen LogP contribution in [-0.4, -0.2) is 37.8 Å². The van der Waals surface area contributed by atoms with Gasteiger partial charge in [0.2, 0.25) is 0 Å². The minimum absolute atomic E-state index is 0.0378. The maximum atomic E-state index is 11.8. The lowest BCUT2D eigenvalue weighted by Crippen LogP contribution is -2.08. The van der Waals surface area contributed by atoms with Gasteiger partial charge in [-0.05, 0) is 55.8 Å². The third-order valence-electron chi connectivity index (χ3n) is 4.28. The first kappa shape index (κ1) is 16.0. The Bertz CT molecular complexity index is 1160. The van der Waals surface area contributed by atoms with Gasteiger partial charge in [0.25, 0.3) is 0 Å². The van der Waals surface area contributed by atoms with Gasteiger partial charge in [0.15, 0.2) is 17.0 Å². The Morgan fingerprint density at radius 2 is 1.85 bits per heavy atom. The minimum atomic E-state index is -1.07. The van der Waals surface area contributed by atoms with Gasteiger partial charge in [-0.1, -0.05) is 0 Å². The van der Waals surface area contributed by atoms with Crippen molar-refractivity contribution in [3.8, 4) is 17.0 Å². The molecular formula is C19H16N4O3. The SMILES string of the molecule is COc1ccc(-c2cc(C(=O)O)n3nc4nc(C)cc(C)c4c3n2)cc1. The topological polar surface area (TPSA) is 89.6 Å². The van der Waals surface area contributed by atoms with E-state index in [0.29, 0.717) is 17.0 Å². The standard InChI is InChI=1S/C19H16N4O3/c1-10-8-11(2)20-17-16(10)18-21-14(9-15(19(24)25)23(18)22-17)12-4-6-13(26-3)7-5-12/h4-9H,1-3H3,(H,24,25). The highest BCUT2D eigenvalue weighted by Crippen LogP contribution is 2.27. The first-order valence-corrected chi connectivity index (χ1v) is 8.03. The molecule has 0 saturated carbocycles. The van der Waals surface area contributed by atoms with E-state index in [1.165, 1.54) is 10.6 Å². The van der Waals surface area contributed by atoms with E-state index in [9.17, 15) is 9.90 Å². The number of benzene rings is 1. The lowest BCUT2D eigenvalue weighted by Gasteiger charge is -2.06. The number of hydrogen-bond acceptors (Lipinski definition) is 5. The second-order valence-corrected chi connectivity index (χ2v) is 6.07. The molecule has 0 unspecified atom stereocenters. The Hall–Kier alpha value is -3.48. The summed E-state index contributed by atoms with van der Waals surface area (Å²) in [6.07, 6.45) is 0. The summed E-state index contributed by atoms with van der Waals surface area (Å²) < 4.78 is 6.52. The molecule has 1 aromatic carbocycles. The van der Waals surface area contributed by atoms with Gasteiger partial charge in [-0.25, -0.2) is 19.3 Å². The van der Waals surface area contributed by atoms with E-state index < -0.39 is 5.97 Å². The van der Waals surface area contributed by atoms with Crippen LogP contribution in [0, 0.1) is 13.8 Å². The summed E-state index contributed by atoms with van der Waals surface area (Å²) in [4.78, 5) is 20.9. The van der Waals surface area contributed by atoms with Gasteiger partial charge < -0.3 is 9.84 Å². The normalized spacial score (nSPS) is 11.2. The van der Waals surface area contributed by atoms with Crippen LogP contribution in [0.3, 0.4) is 0 Å². The fourth-order valence-electron chi connectivity index (χ4n) is 3.08. The fraction of sp³-hybridized carbons (Fsp3) is 0.158. The summed E-state index contributed by atoms with van der Waals surface area (Å²) in [5.74, 6) is -0.354. The molecule has 4 aromatic rings. The number of rotatable bonds is 3. The van der Waals surface area contributed by atoms with E-state index in [2.05, 4.69) is 15.1 Å². The van der Waals surface area contributed by atoms with Crippen LogP contribution >= 0.6 is 0 Å². The number of carboxylic acid groups (broad SMARTS) is 1. The zero-order chi connectivity index (χ0) is 18.4. The predicted octanol–water partition coefficient (Wildman–Crippen LogP) is 3.27. The number of hydrogen-bond donors (Lipinski definition) is 1. The van der Waals surface area contributed by atoms with E-state index >= 15 is 0 Å². The third-order valence-corrected chi connectivity index (χ3v) is 4.28. The lowest BCUT2D eigenvalue weighted by atomic mass is 10.1. The Labute approximate surface area is 148 Å². The van der Waals surface area contributed by atoms with Crippen molar-refractivity contribution in [3.05, 3.63) is 53.3 Å². The summed E-state index contributed by atoms with van der Waals surface area (Å²) >= 11 is 0. The van der Waals surface area contributed by atoms with Gasteiger partial charge in [-0.3, -0.25) is 0 Å². The Balaban J connectivity index is 2.06. The largest absolute Gasteiger partial charge is 0.497 e. The van der Waals surface area contributed by atoms with Gasteiger partial charge in [-0.2, -0.15) is 0 Å². The first-order chi connectivity index (χ1) is 12.5. The summed E-state index contributed by atoms with van der Waals surface area (Å²) in [7, 11) is 1.60. The maximum Gasteiger partial charge on any atom is 0.354 e. The number of ether oxygens (including phenoxy) is 1. The number of methoxy groups -OCH3 is 1. The van der Waals surface area contributed by atoms with Crippen molar-refractivity contribution in [3.63, 3.8) is 0 Å². The van der Waals surface area contributed by atoms with E-state index in [4.69, 9.17) is 4.74 Å². The van der Waals surface area contributed by atoms with Crippen LogP contribution in [0.5, 0.6) is 5.75 Å². The highest BCUT2D eigenvalue weighted by atomic mass is 16.5. The molecule has 0 saturated heterocycles. The molecule has 0 aliphatic rings. The lowest BCUT2D eigenvalue weighted by molar-refractivity contribution is 0.0687. The number of fused-ring (bicyclic) bond motifs is 3. The molecule has 3 heterocycles. The summed E-state index contributed by atoms with van der Waals surface area (Å²) in [6.45, 7) is 3.83. The number of aryl methyl sites for hydroxylation is 2. The molecule has 130 valence electrons. The van der Waals surface area contributed by atoms with Crippen LogP contribution < -0.4 is 4.74 Å². The van der Waals surface area contributed by atoms with E-state index in [1.54, 1.807) is 7.11 Å². The predicted molar refractivity (Wildman–Crippen MR) is 96.7 cm³/mol. The first-order valence-electron chi connectivity index (χ1n) is 8.03. The average Bonchev–Trinajstić information content (AvgIpc) is 2.99. The second-order valence-electron chi connectivity index (χ2n) is 6.07. The number of nitrogens with zero attached hydrogens (tertiary/aromatic N) is 4. The molecule has 26 heavy (non-hydrogen) atoms. The molecule has 0 fully saturated rings. The molecule has 0 radical (unpaired) electrons. The molecule has 7 nitrogen and oxygen atoms in total. The molecular weight excluding hydrogens is 332 g/mol. The van der Waals surface area contributed by atoms with Gasteiger partial charge in [0.1, 0.15) is 5.75 Å². The zero-order valence-corrected chi connectivity index (χ0v) is 14.5. The van der Waals surface area contributed by atoms with Gasteiger partial charge in [0, 0.05) is 11.3 Å². The smallest absolute Gasteiger partial charge is 0.354 e. The van der Waals surface area contributed by atoms with Crippen molar-refractivity contribution >= 4 is 22.6 Å². The number of aromatic nitrogens is 4. The van der Waals surface area contributed by atoms with Gasteiger partial charge >= 0.3 is 5.97 Å². The molecule has 0 amide bonds. The van der Waals surface area contributed by atoms with Crippen molar-refractivity contribution in [1.82, 2.24) is 19.6 Å². The Morgan fingerprint density at radius 3 is 2.50 bits per heavy atom. The molecule has 1 N–H and O–H groups in total. The molecule has 0 aliphatic heterocycles. The summed E-state index contributed by atoms with van der Waals surface area (Å²) in [6, 6.07) is 10.8. The average molecular weight is 348 g/mol.